The topological polar surface area (TPSA) is 36.7 Å². The number of aryl methyl sites for hydroxylation is 1. The van der Waals surface area contributed by atoms with Gasteiger partial charge in [0.2, 0.25) is 0 Å². The Kier molecular flexibility index (Phi) is 3.85. The van der Waals surface area contributed by atoms with E-state index in [1.54, 1.807) is 20.0 Å². The summed E-state index contributed by atoms with van der Waals surface area (Å²) in [5.41, 5.74) is 2.41. The molecule has 102 valence electrons. The second kappa shape index (κ2) is 5.42. The molecule has 0 atom stereocenters. The fraction of sp³-hybridized carbons (Fsp3) is 0.294. The smallest absolute Gasteiger partial charge is 0.146 e. The van der Waals surface area contributed by atoms with Crippen LogP contribution in [0.3, 0.4) is 0 Å². The Morgan fingerprint density at radius 3 is 2.40 bits per heavy atom. The number of benzene rings is 1. The first-order chi connectivity index (χ1) is 9.42. The molecule has 0 aliphatic rings. The van der Waals surface area contributed by atoms with Crippen molar-refractivity contribution in [3.05, 3.63) is 64.7 Å². The van der Waals surface area contributed by atoms with Crippen LogP contribution in [-0.4, -0.2) is 4.98 Å². The Morgan fingerprint density at radius 2 is 1.85 bits per heavy atom. The van der Waals surface area contributed by atoms with E-state index in [0.717, 1.165) is 11.1 Å². The lowest BCUT2D eigenvalue weighted by Crippen LogP contribution is -2.18. The molecule has 0 amide bonds. The number of pyridine rings is 1. The fourth-order valence-corrected chi connectivity index (χ4v) is 2.03. The van der Waals surface area contributed by atoms with Crippen LogP contribution >= 0.6 is 0 Å². The van der Waals surface area contributed by atoms with Gasteiger partial charge in [0.25, 0.3) is 0 Å². The van der Waals surface area contributed by atoms with Crippen molar-refractivity contribution < 1.29 is 4.39 Å². The molecule has 0 radical (unpaired) electrons. The summed E-state index contributed by atoms with van der Waals surface area (Å²) in [6, 6.07) is 11.7. The Bertz CT molecular complexity index is 652. The maximum absolute atomic E-state index is 14.1. The van der Waals surface area contributed by atoms with Crippen LogP contribution in [0.15, 0.2) is 36.5 Å². The van der Waals surface area contributed by atoms with Gasteiger partial charge in [0, 0.05) is 6.20 Å². The van der Waals surface area contributed by atoms with Crippen molar-refractivity contribution in [3.8, 4) is 6.07 Å². The lowest BCUT2D eigenvalue weighted by molar-refractivity contribution is 0.544. The molecular formula is C17H17FN2. The summed E-state index contributed by atoms with van der Waals surface area (Å²) in [6.07, 6.45) is 2.29. The number of aromatic nitrogens is 1. The van der Waals surface area contributed by atoms with Crippen LogP contribution in [0, 0.1) is 24.1 Å². The quantitative estimate of drug-likeness (QED) is 0.846. The minimum atomic E-state index is -0.910. The zero-order valence-corrected chi connectivity index (χ0v) is 11.9. The zero-order chi connectivity index (χ0) is 14.8. The second-order valence-electron chi connectivity index (χ2n) is 5.57. The summed E-state index contributed by atoms with van der Waals surface area (Å²) >= 11 is 0. The number of hydrogen-bond acceptors (Lipinski definition) is 2. The second-order valence-corrected chi connectivity index (χ2v) is 5.57. The van der Waals surface area contributed by atoms with Gasteiger partial charge in [-0.25, -0.2) is 4.39 Å². The van der Waals surface area contributed by atoms with Crippen molar-refractivity contribution in [2.75, 3.05) is 0 Å². The molecule has 0 aliphatic carbocycles. The Hall–Kier alpha value is -2.21. The van der Waals surface area contributed by atoms with E-state index in [2.05, 4.69) is 11.1 Å². The van der Waals surface area contributed by atoms with Gasteiger partial charge in [-0.05, 0) is 44.4 Å². The van der Waals surface area contributed by atoms with Crippen LogP contribution in [0.1, 0.15) is 36.2 Å². The highest BCUT2D eigenvalue weighted by Gasteiger charge is 2.25. The van der Waals surface area contributed by atoms with E-state index in [4.69, 9.17) is 5.26 Å². The minimum Gasteiger partial charge on any atom is -0.256 e. The van der Waals surface area contributed by atoms with Crippen molar-refractivity contribution >= 4 is 0 Å². The van der Waals surface area contributed by atoms with E-state index in [-0.39, 0.29) is 5.69 Å². The van der Waals surface area contributed by atoms with Crippen LogP contribution in [-0.2, 0) is 11.8 Å². The minimum absolute atomic E-state index is 0.202. The Balaban J connectivity index is 2.26. The first-order valence-corrected chi connectivity index (χ1v) is 6.54. The van der Waals surface area contributed by atoms with Crippen LogP contribution < -0.4 is 0 Å². The summed E-state index contributed by atoms with van der Waals surface area (Å²) in [7, 11) is 0. The largest absolute Gasteiger partial charge is 0.256 e. The van der Waals surface area contributed by atoms with Crippen LogP contribution in [0.25, 0.3) is 0 Å². The molecule has 0 spiro atoms. The van der Waals surface area contributed by atoms with Gasteiger partial charge in [0.15, 0.2) is 0 Å². The molecule has 0 N–H and O–H groups in total. The molecule has 0 bridgehead atoms. The highest BCUT2D eigenvalue weighted by molar-refractivity contribution is 5.31. The monoisotopic (exact) mass is 268 g/mol. The molecule has 1 aromatic carbocycles. The molecule has 20 heavy (non-hydrogen) atoms. The highest BCUT2D eigenvalue weighted by atomic mass is 19.1. The number of halogens is 1. The lowest BCUT2D eigenvalue weighted by atomic mass is 9.90. The van der Waals surface area contributed by atoms with Crippen molar-refractivity contribution in [3.63, 3.8) is 0 Å². The molecule has 0 unspecified atom stereocenters. The van der Waals surface area contributed by atoms with Gasteiger partial charge in [0.05, 0.1) is 17.2 Å². The molecule has 2 rings (SSSR count). The van der Waals surface area contributed by atoms with Crippen LogP contribution in [0.2, 0.25) is 0 Å². The van der Waals surface area contributed by atoms with Gasteiger partial charge >= 0.3 is 0 Å². The SMILES string of the molecule is Cc1ccc(Cc2cnc(C(C)(C)C#N)c(F)c2)cc1. The summed E-state index contributed by atoms with van der Waals surface area (Å²) in [6.45, 7) is 5.36. The Morgan fingerprint density at radius 1 is 1.20 bits per heavy atom. The van der Waals surface area contributed by atoms with Gasteiger partial charge in [-0.15, -0.1) is 0 Å². The molecule has 0 saturated heterocycles. The standard InChI is InChI=1S/C17H17FN2/c1-12-4-6-13(7-5-12)8-14-9-15(18)16(20-10-14)17(2,3)11-19/h4-7,9-10H,8H2,1-3H3. The van der Waals surface area contributed by atoms with Gasteiger partial charge < -0.3 is 0 Å². The van der Waals surface area contributed by atoms with Crippen LogP contribution in [0.5, 0.6) is 0 Å². The van der Waals surface area contributed by atoms with E-state index in [1.165, 1.54) is 11.6 Å². The first-order valence-electron chi connectivity index (χ1n) is 6.54. The van der Waals surface area contributed by atoms with Gasteiger partial charge in [-0.1, -0.05) is 29.8 Å². The number of nitriles is 1. The predicted molar refractivity (Wildman–Crippen MR) is 76.8 cm³/mol. The molecule has 1 aromatic heterocycles. The third-order valence-electron chi connectivity index (χ3n) is 3.30. The highest BCUT2D eigenvalue weighted by Crippen LogP contribution is 2.23. The van der Waals surface area contributed by atoms with Crippen molar-refractivity contribution in [2.24, 2.45) is 0 Å². The third kappa shape index (κ3) is 3.03. The van der Waals surface area contributed by atoms with E-state index in [1.807, 2.05) is 31.2 Å². The average molecular weight is 268 g/mol. The Labute approximate surface area is 118 Å². The summed E-state index contributed by atoms with van der Waals surface area (Å²) in [5.74, 6) is -0.416. The van der Waals surface area contributed by atoms with E-state index in [9.17, 15) is 4.39 Å². The normalized spacial score (nSPS) is 11.2. The number of nitrogens with zero attached hydrogens (tertiary/aromatic N) is 2. The lowest BCUT2D eigenvalue weighted by Gasteiger charge is -2.15. The van der Waals surface area contributed by atoms with Crippen LogP contribution in [0.4, 0.5) is 4.39 Å². The summed E-state index contributed by atoms with van der Waals surface area (Å²) < 4.78 is 14.1. The summed E-state index contributed by atoms with van der Waals surface area (Å²) in [5, 5.41) is 9.05. The number of rotatable bonds is 3. The molecule has 2 nitrogen and oxygen atoms in total. The zero-order valence-electron chi connectivity index (χ0n) is 11.9. The fourth-order valence-electron chi connectivity index (χ4n) is 2.03. The molecule has 0 saturated carbocycles. The first kappa shape index (κ1) is 14.2. The summed E-state index contributed by atoms with van der Waals surface area (Å²) in [4.78, 5) is 4.14. The van der Waals surface area contributed by atoms with E-state index in [0.29, 0.717) is 6.42 Å². The molecule has 1 heterocycles. The van der Waals surface area contributed by atoms with Crippen molar-refractivity contribution in [1.29, 1.82) is 5.26 Å². The molecule has 0 fully saturated rings. The van der Waals surface area contributed by atoms with Crippen molar-refractivity contribution in [1.82, 2.24) is 4.98 Å². The molecular weight excluding hydrogens is 251 g/mol. The maximum atomic E-state index is 14.1. The van der Waals surface area contributed by atoms with Gasteiger partial charge in [0.1, 0.15) is 5.82 Å². The van der Waals surface area contributed by atoms with E-state index < -0.39 is 11.2 Å². The maximum Gasteiger partial charge on any atom is 0.146 e. The third-order valence-corrected chi connectivity index (χ3v) is 3.30. The molecule has 3 heteroatoms. The van der Waals surface area contributed by atoms with Gasteiger partial charge in [-0.3, -0.25) is 4.98 Å². The molecule has 0 aliphatic heterocycles. The number of hydrogen-bond donors (Lipinski definition) is 0. The molecule has 2 aromatic rings. The van der Waals surface area contributed by atoms with Crippen molar-refractivity contribution in [2.45, 2.75) is 32.6 Å². The average Bonchev–Trinajstić information content (AvgIpc) is 2.41. The van der Waals surface area contributed by atoms with E-state index >= 15 is 0 Å². The predicted octanol–water partition coefficient (Wildman–Crippen LogP) is 3.92. The van der Waals surface area contributed by atoms with Gasteiger partial charge in [-0.2, -0.15) is 5.26 Å².